The number of allylic oxidation sites excluding steroid dienone is 1. The van der Waals surface area contributed by atoms with E-state index in [-0.39, 0.29) is 0 Å². The van der Waals surface area contributed by atoms with Crippen LogP contribution in [0, 0.1) is 11.3 Å². The summed E-state index contributed by atoms with van der Waals surface area (Å²) in [6, 6.07) is 17.2. The SMILES string of the molecule is COc1ccc(/C=C(/C#N)c2ccccc2)cc1N. The number of nitrogens with zero attached hydrogens (tertiary/aromatic N) is 1. The number of hydrogen-bond acceptors (Lipinski definition) is 3. The van der Waals surface area contributed by atoms with Crippen LogP contribution in [0.4, 0.5) is 5.69 Å². The van der Waals surface area contributed by atoms with Gasteiger partial charge in [0.15, 0.2) is 0 Å². The molecule has 0 amide bonds. The normalized spacial score (nSPS) is 10.8. The van der Waals surface area contributed by atoms with Crippen LogP contribution in [-0.4, -0.2) is 7.11 Å². The number of anilines is 1. The molecule has 2 N–H and O–H groups in total. The highest BCUT2D eigenvalue weighted by atomic mass is 16.5. The number of nitriles is 1. The van der Waals surface area contributed by atoms with Crippen molar-refractivity contribution >= 4 is 17.3 Å². The molecule has 2 aromatic rings. The van der Waals surface area contributed by atoms with Gasteiger partial charge in [-0.25, -0.2) is 0 Å². The lowest BCUT2D eigenvalue weighted by atomic mass is 10.0. The molecule has 3 heteroatoms. The molecule has 0 heterocycles. The third kappa shape index (κ3) is 2.93. The molecule has 0 fully saturated rings. The third-order valence-corrected chi connectivity index (χ3v) is 2.77. The maximum Gasteiger partial charge on any atom is 0.141 e. The van der Waals surface area contributed by atoms with Crippen LogP contribution in [-0.2, 0) is 0 Å². The molecule has 0 bridgehead atoms. The van der Waals surface area contributed by atoms with Crippen LogP contribution in [0.25, 0.3) is 11.6 Å². The van der Waals surface area contributed by atoms with Crippen LogP contribution in [0.1, 0.15) is 11.1 Å². The summed E-state index contributed by atoms with van der Waals surface area (Å²) >= 11 is 0. The predicted octanol–water partition coefficient (Wildman–Crippen LogP) is 3.34. The van der Waals surface area contributed by atoms with Crippen LogP contribution < -0.4 is 10.5 Å². The van der Waals surface area contributed by atoms with E-state index < -0.39 is 0 Å². The topological polar surface area (TPSA) is 59.0 Å². The monoisotopic (exact) mass is 250 g/mol. The quantitative estimate of drug-likeness (QED) is 0.516. The summed E-state index contributed by atoms with van der Waals surface area (Å²) in [4.78, 5) is 0. The molecule has 0 aromatic heterocycles. The molecule has 0 aliphatic rings. The molecule has 0 radical (unpaired) electrons. The van der Waals surface area contributed by atoms with E-state index in [0.29, 0.717) is 17.0 Å². The fraction of sp³-hybridized carbons (Fsp3) is 0.0625. The molecule has 0 spiro atoms. The second-order valence-electron chi connectivity index (χ2n) is 4.04. The molecule has 2 rings (SSSR count). The van der Waals surface area contributed by atoms with E-state index >= 15 is 0 Å². The molecular weight excluding hydrogens is 236 g/mol. The Morgan fingerprint density at radius 3 is 2.53 bits per heavy atom. The summed E-state index contributed by atoms with van der Waals surface area (Å²) in [5, 5.41) is 9.24. The first-order valence-electron chi connectivity index (χ1n) is 5.85. The lowest BCUT2D eigenvalue weighted by Crippen LogP contribution is -1.92. The minimum atomic E-state index is 0.557. The van der Waals surface area contributed by atoms with Crippen LogP contribution in [0.2, 0.25) is 0 Å². The highest BCUT2D eigenvalue weighted by Crippen LogP contribution is 2.24. The van der Waals surface area contributed by atoms with Gasteiger partial charge in [0.05, 0.1) is 24.4 Å². The minimum absolute atomic E-state index is 0.557. The molecule has 19 heavy (non-hydrogen) atoms. The zero-order chi connectivity index (χ0) is 13.7. The Morgan fingerprint density at radius 1 is 1.21 bits per heavy atom. The van der Waals surface area contributed by atoms with E-state index in [1.54, 1.807) is 19.2 Å². The second-order valence-corrected chi connectivity index (χ2v) is 4.04. The number of ether oxygens (including phenoxy) is 1. The summed E-state index contributed by atoms with van der Waals surface area (Å²) in [5.41, 5.74) is 8.77. The molecule has 0 atom stereocenters. The Morgan fingerprint density at radius 2 is 1.95 bits per heavy atom. The first-order valence-corrected chi connectivity index (χ1v) is 5.85. The van der Waals surface area contributed by atoms with Crippen molar-refractivity contribution in [2.45, 2.75) is 0 Å². The Balaban J connectivity index is 2.39. The number of rotatable bonds is 3. The zero-order valence-corrected chi connectivity index (χ0v) is 10.6. The van der Waals surface area contributed by atoms with Gasteiger partial charge in [-0.15, -0.1) is 0 Å². The molecule has 2 aromatic carbocycles. The van der Waals surface area contributed by atoms with Crippen molar-refractivity contribution in [3.05, 3.63) is 59.7 Å². The lowest BCUT2D eigenvalue weighted by Gasteiger charge is -2.05. The summed E-state index contributed by atoms with van der Waals surface area (Å²) < 4.78 is 5.11. The number of benzene rings is 2. The van der Waals surface area contributed by atoms with Gasteiger partial charge in [-0.2, -0.15) is 5.26 Å². The van der Waals surface area contributed by atoms with Crippen molar-refractivity contribution in [1.82, 2.24) is 0 Å². The Bertz CT molecular complexity index is 640. The molecule has 94 valence electrons. The highest BCUT2D eigenvalue weighted by Gasteiger charge is 2.02. The van der Waals surface area contributed by atoms with E-state index in [1.807, 2.05) is 42.5 Å². The fourth-order valence-corrected chi connectivity index (χ4v) is 1.81. The molecular formula is C16H14N2O. The van der Waals surface area contributed by atoms with Crippen molar-refractivity contribution in [2.75, 3.05) is 12.8 Å². The smallest absolute Gasteiger partial charge is 0.141 e. The predicted molar refractivity (Wildman–Crippen MR) is 77.3 cm³/mol. The van der Waals surface area contributed by atoms with Gasteiger partial charge in [0.2, 0.25) is 0 Å². The van der Waals surface area contributed by atoms with E-state index in [2.05, 4.69) is 6.07 Å². The second kappa shape index (κ2) is 5.74. The first-order chi connectivity index (χ1) is 9.24. The summed E-state index contributed by atoms with van der Waals surface area (Å²) in [5.74, 6) is 0.635. The van der Waals surface area contributed by atoms with E-state index in [1.165, 1.54) is 0 Å². The summed E-state index contributed by atoms with van der Waals surface area (Å²) in [7, 11) is 1.58. The van der Waals surface area contributed by atoms with Crippen LogP contribution >= 0.6 is 0 Å². The van der Waals surface area contributed by atoms with Gasteiger partial charge in [-0.3, -0.25) is 0 Å². The molecule has 0 aliphatic heterocycles. The fourth-order valence-electron chi connectivity index (χ4n) is 1.81. The minimum Gasteiger partial charge on any atom is -0.495 e. The molecule has 0 saturated carbocycles. The Hall–Kier alpha value is -2.73. The Labute approximate surface area is 112 Å². The van der Waals surface area contributed by atoms with Crippen LogP contribution in [0.3, 0.4) is 0 Å². The van der Waals surface area contributed by atoms with Crippen molar-refractivity contribution in [3.8, 4) is 11.8 Å². The number of nitrogen functional groups attached to an aromatic ring is 1. The summed E-state index contributed by atoms with van der Waals surface area (Å²) in [6.45, 7) is 0. The van der Waals surface area contributed by atoms with Crippen molar-refractivity contribution in [3.63, 3.8) is 0 Å². The van der Waals surface area contributed by atoms with Gasteiger partial charge in [0.25, 0.3) is 0 Å². The zero-order valence-electron chi connectivity index (χ0n) is 10.6. The third-order valence-electron chi connectivity index (χ3n) is 2.77. The van der Waals surface area contributed by atoms with E-state index in [0.717, 1.165) is 11.1 Å². The number of hydrogen-bond donors (Lipinski definition) is 1. The standard InChI is InChI=1S/C16H14N2O/c1-19-16-8-7-12(10-15(16)18)9-14(11-17)13-5-3-2-4-6-13/h2-10H,18H2,1H3/b14-9-. The van der Waals surface area contributed by atoms with Gasteiger partial charge in [-0.05, 0) is 29.3 Å². The van der Waals surface area contributed by atoms with Gasteiger partial charge < -0.3 is 10.5 Å². The lowest BCUT2D eigenvalue weighted by molar-refractivity contribution is 0.417. The maximum atomic E-state index is 9.24. The highest BCUT2D eigenvalue weighted by molar-refractivity contribution is 5.90. The Kier molecular flexibility index (Phi) is 3.84. The number of methoxy groups -OCH3 is 1. The first kappa shape index (κ1) is 12.7. The van der Waals surface area contributed by atoms with Gasteiger partial charge in [0, 0.05) is 0 Å². The average Bonchev–Trinajstić information content (AvgIpc) is 2.46. The van der Waals surface area contributed by atoms with E-state index in [4.69, 9.17) is 10.5 Å². The molecule has 0 unspecified atom stereocenters. The molecule has 0 aliphatic carbocycles. The van der Waals surface area contributed by atoms with Crippen molar-refractivity contribution < 1.29 is 4.74 Å². The van der Waals surface area contributed by atoms with Crippen molar-refractivity contribution in [1.29, 1.82) is 5.26 Å². The molecule has 3 nitrogen and oxygen atoms in total. The van der Waals surface area contributed by atoms with Gasteiger partial charge in [-0.1, -0.05) is 36.4 Å². The summed E-state index contributed by atoms with van der Waals surface area (Å²) in [6.07, 6.45) is 1.81. The largest absolute Gasteiger partial charge is 0.495 e. The number of nitrogens with two attached hydrogens (primary N) is 1. The van der Waals surface area contributed by atoms with E-state index in [9.17, 15) is 5.26 Å². The maximum absolute atomic E-state index is 9.24. The van der Waals surface area contributed by atoms with Gasteiger partial charge in [0.1, 0.15) is 5.75 Å². The van der Waals surface area contributed by atoms with Crippen LogP contribution in [0.15, 0.2) is 48.5 Å². The molecule has 0 saturated heterocycles. The van der Waals surface area contributed by atoms with Crippen LogP contribution in [0.5, 0.6) is 5.75 Å². The van der Waals surface area contributed by atoms with Gasteiger partial charge >= 0.3 is 0 Å². The average molecular weight is 250 g/mol. The van der Waals surface area contributed by atoms with Crippen molar-refractivity contribution in [2.24, 2.45) is 0 Å².